The van der Waals surface area contributed by atoms with Gasteiger partial charge in [0, 0.05) is 12.8 Å². The smallest absolute Gasteiger partial charge is 0.408 e. The highest BCUT2D eigenvalue weighted by atomic mass is 32.1. The van der Waals surface area contributed by atoms with Crippen molar-refractivity contribution in [3.63, 3.8) is 0 Å². The van der Waals surface area contributed by atoms with Crippen LogP contribution in [0.5, 0.6) is 0 Å². The third-order valence-corrected chi connectivity index (χ3v) is 7.46. The summed E-state index contributed by atoms with van der Waals surface area (Å²) < 4.78 is 10.5. The maximum Gasteiger partial charge on any atom is 0.408 e. The van der Waals surface area contributed by atoms with Crippen LogP contribution in [0.25, 0.3) is 0 Å². The largest absolute Gasteiger partial charge is 0.444 e. The quantitative estimate of drug-likeness (QED) is 0.216. The number of nitrogens with one attached hydrogen (secondary N) is 4. The van der Waals surface area contributed by atoms with E-state index in [0.29, 0.717) is 23.1 Å². The minimum atomic E-state index is -0.795. The fraction of sp³-hybridized carbons (Fsp3) is 0.714. The monoisotopic (exact) mass is 654 g/mol. The molecule has 16 heteroatoms. The van der Waals surface area contributed by atoms with Crippen molar-refractivity contribution in [3.8, 4) is 0 Å². The van der Waals surface area contributed by atoms with E-state index in [1.54, 1.807) is 41.5 Å². The highest BCUT2D eigenvalue weighted by Crippen LogP contribution is 2.21. The molecule has 0 spiro atoms. The summed E-state index contributed by atoms with van der Waals surface area (Å²) in [5.74, 6) is -1.13. The van der Waals surface area contributed by atoms with Gasteiger partial charge < -0.3 is 20.1 Å². The number of carbonyl (C=O) groups is 4. The Balaban J connectivity index is 1.81. The first-order valence-electron chi connectivity index (χ1n) is 14.6. The van der Waals surface area contributed by atoms with Crippen molar-refractivity contribution in [1.29, 1.82) is 0 Å². The number of aromatic nitrogens is 4. The van der Waals surface area contributed by atoms with E-state index in [0.717, 1.165) is 22.9 Å². The molecule has 2 aromatic rings. The Morgan fingerprint density at radius 3 is 1.27 bits per heavy atom. The lowest BCUT2D eigenvalue weighted by molar-refractivity contribution is -0.119. The zero-order valence-corrected chi connectivity index (χ0v) is 28.8. The Morgan fingerprint density at radius 2 is 0.977 bits per heavy atom. The predicted octanol–water partition coefficient (Wildman–Crippen LogP) is 4.93. The van der Waals surface area contributed by atoms with Crippen LogP contribution >= 0.6 is 22.7 Å². The third-order valence-electron chi connectivity index (χ3n) is 5.67. The number of alkyl carbamates (subject to hydrolysis) is 2. The maximum atomic E-state index is 12.8. The van der Waals surface area contributed by atoms with Gasteiger partial charge in [0.15, 0.2) is 0 Å². The van der Waals surface area contributed by atoms with Crippen molar-refractivity contribution in [2.45, 2.75) is 118 Å². The molecule has 0 aliphatic heterocycles. The van der Waals surface area contributed by atoms with Crippen LogP contribution in [0.4, 0.5) is 19.9 Å². The van der Waals surface area contributed by atoms with Gasteiger partial charge >= 0.3 is 12.2 Å². The van der Waals surface area contributed by atoms with Gasteiger partial charge in [0.2, 0.25) is 22.1 Å². The molecule has 0 bridgehead atoms. The first-order chi connectivity index (χ1) is 20.3. The minimum Gasteiger partial charge on any atom is -0.444 e. The van der Waals surface area contributed by atoms with Crippen molar-refractivity contribution < 1.29 is 28.7 Å². The van der Waals surface area contributed by atoms with Crippen molar-refractivity contribution in [1.82, 2.24) is 31.0 Å². The van der Waals surface area contributed by atoms with Crippen LogP contribution in [-0.2, 0) is 31.9 Å². The van der Waals surface area contributed by atoms with Crippen LogP contribution in [0.1, 0.15) is 92.1 Å². The van der Waals surface area contributed by atoms with Gasteiger partial charge in [-0.25, -0.2) is 9.59 Å². The molecule has 2 atom stereocenters. The van der Waals surface area contributed by atoms with Gasteiger partial charge in [-0.3, -0.25) is 20.2 Å². The van der Waals surface area contributed by atoms with Gasteiger partial charge in [-0.2, -0.15) is 0 Å². The SMILES string of the molecule is CC(C)C(NC(=O)OC(C)(C)C)C(=O)Nc1nnc(CCCCc2nnc(NC(=O)[C@@H](NC(=O)OC(C)(C)C)C(C)C)s2)s1. The third kappa shape index (κ3) is 13.5. The predicted molar refractivity (Wildman–Crippen MR) is 170 cm³/mol. The van der Waals surface area contributed by atoms with E-state index in [2.05, 4.69) is 41.7 Å². The van der Waals surface area contributed by atoms with Crippen molar-refractivity contribution in [3.05, 3.63) is 10.0 Å². The fourth-order valence-electron chi connectivity index (χ4n) is 3.67. The van der Waals surface area contributed by atoms with Crippen molar-refractivity contribution in [2.75, 3.05) is 10.6 Å². The number of rotatable bonds is 13. The van der Waals surface area contributed by atoms with Gasteiger partial charge in [0.1, 0.15) is 33.3 Å². The first-order valence-corrected chi connectivity index (χ1v) is 16.2. The summed E-state index contributed by atoms with van der Waals surface area (Å²) in [6.45, 7) is 17.8. The summed E-state index contributed by atoms with van der Waals surface area (Å²) in [6, 6.07) is -1.59. The standard InChI is InChI=1S/C28H46N8O6S2/c1-15(2)19(29-25(39)41-27(5,6)7)21(37)31-23-35-33-17(43-23)13-11-12-14-18-34-36-24(44-18)32-22(38)20(16(3)4)30-26(40)42-28(8,9)10/h15-16,19-20H,11-14H2,1-10H3,(H,29,39)(H,30,40)(H,31,35,37)(H,32,36,38)/t19-,20?/m0/s1. The second-order valence-electron chi connectivity index (χ2n) is 12.9. The van der Waals surface area contributed by atoms with Gasteiger partial charge in [0.05, 0.1) is 0 Å². The normalized spacial score (nSPS) is 13.3. The molecule has 14 nitrogen and oxygen atoms in total. The number of carbonyl (C=O) groups excluding carboxylic acids is 4. The molecule has 1 unspecified atom stereocenters. The van der Waals surface area contributed by atoms with Crippen LogP contribution < -0.4 is 21.3 Å². The highest BCUT2D eigenvalue weighted by Gasteiger charge is 2.29. The van der Waals surface area contributed by atoms with Crippen LogP contribution in [0.2, 0.25) is 0 Å². The van der Waals surface area contributed by atoms with Gasteiger partial charge in [-0.15, -0.1) is 20.4 Å². The molecule has 2 rings (SSSR count). The van der Waals surface area contributed by atoms with E-state index in [1.807, 2.05) is 27.7 Å². The van der Waals surface area contributed by atoms with Crippen molar-refractivity contribution >= 4 is 56.9 Å². The molecule has 0 radical (unpaired) electrons. The molecule has 0 aliphatic carbocycles. The lowest BCUT2D eigenvalue weighted by Crippen LogP contribution is -2.48. The van der Waals surface area contributed by atoms with Gasteiger partial charge in [0.25, 0.3) is 0 Å². The topological polar surface area (TPSA) is 186 Å². The molecule has 0 aliphatic rings. The molecular weight excluding hydrogens is 608 g/mol. The molecule has 4 amide bonds. The molecule has 44 heavy (non-hydrogen) atoms. The fourth-order valence-corrected chi connectivity index (χ4v) is 5.24. The molecule has 0 saturated heterocycles. The number of hydrogen-bond acceptors (Lipinski definition) is 12. The van der Waals surface area contributed by atoms with Gasteiger partial charge in [-0.05, 0) is 66.2 Å². The van der Waals surface area contributed by atoms with E-state index in [1.165, 1.54) is 22.7 Å². The highest BCUT2D eigenvalue weighted by molar-refractivity contribution is 7.15. The average molecular weight is 655 g/mol. The summed E-state index contributed by atoms with van der Waals surface area (Å²) in [5.41, 5.74) is -1.35. The lowest BCUT2D eigenvalue weighted by Gasteiger charge is -2.24. The van der Waals surface area contributed by atoms with Crippen LogP contribution in [-0.4, -0.2) is 67.7 Å². The van der Waals surface area contributed by atoms with Crippen molar-refractivity contribution in [2.24, 2.45) is 11.8 Å². The van der Waals surface area contributed by atoms with Crippen LogP contribution in [0.3, 0.4) is 0 Å². The first kappa shape index (κ1) is 36.8. The molecule has 2 aromatic heterocycles. The number of unbranched alkanes of at least 4 members (excludes halogenated alkanes) is 1. The molecule has 2 heterocycles. The summed E-state index contributed by atoms with van der Waals surface area (Å²) in [6.07, 6.45) is 1.59. The summed E-state index contributed by atoms with van der Waals surface area (Å²) >= 11 is 2.56. The second-order valence-corrected chi connectivity index (χ2v) is 15.0. The number of anilines is 2. The minimum absolute atomic E-state index is 0.172. The Bertz CT molecular complexity index is 1170. The number of nitrogens with zero attached hydrogens (tertiary/aromatic N) is 4. The lowest BCUT2D eigenvalue weighted by atomic mass is 10.0. The molecule has 246 valence electrons. The summed E-state index contributed by atoms with van der Waals surface area (Å²) in [4.78, 5) is 50.0. The number of ether oxygens (including phenoxy) is 2. The van der Waals surface area contributed by atoms with Gasteiger partial charge in [-0.1, -0.05) is 50.4 Å². The van der Waals surface area contributed by atoms with E-state index in [9.17, 15) is 19.2 Å². The maximum absolute atomic E-state index is 12.8. The zero-order chi connectivity index (χ0) is 33.2. The molecule has 0 fully saturated rings. The second kappa shape index (κ2) is 16.1. The Labute approximate surface area is 266 Å². The van der Waals surface area contributed by atoms with Crippen LogP contribution in [0, 0.1) is 11.8 Å². The number of amides is 4. The zero-order valence-electron chi connectivity index (χ0n) is 27.2. The van der Waals surface area contributed by atoms with E-state index >= 15 is 0 Å². The van der Waals surface area contributed by atoms with E-state index in [-0.39, 0.29) is 11.8 Å². The molecular formula is C28H46N8O6S2. The summed E-state index contributed by atoms with van der Waals surface area (Å²) in [7, 11) is 0. The average Bonchev–Trinajstić information content (AvgIpc) is 3.50. The molecule has 0 saturated carbocycles. The van der Waals surface area contributed by atoms with Crippen LogP contribution in [0.15, 0.2) is 0 Å². The Hall–Kier alpha value is -3.40. The van der Waals surface area contributed by atoms with E-state index < -0.39 is 47.3 Å². The summed E-state index contributed by atoms with van der Waals surface area (Å²) in [5, 5.41) is 29.4. The number of hydrogen-bond donors (Lipinski definition) is 4. The number of aryl methyl sites for hydroxylation is 2. The Morgan fingerprint density at radius 1 is 0.636 bits per heavy atom. The Kier molecular flexibility index (Phi) is 13.4. The molecule has 4 N–H and O–H groups in total. The van der Waals surface area contributed by atoms with E-state index in [4.69, 9.17) is 9.47 Å². The molecule has 0 aromatic carbocycles.